The number of rotatable bonds is 7. The predicted octanol–water partition coefficient (Wildman–Crippen LogP) is 2.76. The number of likely N-dealkylation sites (N-methyl/N-ethyl adjacent to an activating group) is 1. The quantitative estimate of drug-likeness (QED) is 0.812. The average Bonchev–Trinajstić information content (AvgIpc) is 2.72. The van der Waals surface area contributed by atoms with Crippen LogP contribution in [0.25, 0.3) is 0 Å². The van der Waals surface area contributed by atoms with Gasteiger partial charge in [-0.1, -0.05) is 13.8 Å². The molecule has 1 heterocycles. The molecule has 0 saturated heterocycles. The summed E-state index contributed by atoms with van der Waals surface area (Å²) in [6.45, 7) is 13.1. The van der Waals surface area contributed by atoms with Gasteiger partial charge in [-0.15, -0.1) is 0 Å². The molecular weight excluding hydrogens is 226 g/mol. The lowest BCUT2D eigenvalue weighted by molar-refractivity contribution is -0.0160. The van der Waals surface area contributed by atoms with Gasteiger partial charge in [-0.25, -0.2) is 4.98 Å². The first-order valence-corrected chi connectivity index (χ1v) is 6.86. The first-order valence-electron chi connectivity index (χ1n) is 6.86. The fourth-order valence-electron chi connectivity index (χ4n) is 1.87. The van der Waals surface area contributed by atoms with Crippen molar-refractivity contribution in [1.82, 2.24) is 14.9 Å². The highest BCUT2D eigenvalue weighted by Gasteiger charge is 2.19. The smallest absolute Gasteiger partial charge is 0.128 e. The zero-order chi connectivity index (χ0) is 13.6. The minimum absolute atomic E-state index is 0.115. The number of ether oxygens (including phenoxy) is 1. The first kappa shape index (κ1) is 15.2. The Hall–Kier alpha value is -0.870. The molecule has 18 heavy (non-hydrogen) atoms. The summed E-state index contributed by atoms with van der Waals surface area (Å²) < 4.78 is 8.09. The van der Waals surface area contributed by atoms with Gasteiger partial charge in [0.25, 0.3) is 0 Å². The lowest BCUT2D eigenvalue weighted by Crippen LogP contribution is -2.32. The Morgan fingerprint density at radius 1 is 1.39 bits per heavy atom. The van der Waals surface area contributed by atoms with Crippen LogP contribution in [0.1, 0.15) is 52.9 Å². The normalized spacial score (nSPS) is 13.8. The van der Waals surface area contributed by atoms with E-state index >= 15 is 0 Å². The van der Waals surface area contributed by atoms with E-state index in [0.717, 1.165) is 25.3 Å². The topological polar surface area (TPSA) is 39.1 Å². The summed E-state index contributed by atoms with van der Waals surface area (Å²) in [6.07, 6.45) is 5.02. The van der Waals surface area contributed by atoms with Crippen LogP contribution in [0.2, 0.25) is 0 Å². The Kier molecular flexibility index (Phi) is 5.82. The van der Waals surface area contributed by atoms with E-state index in [2.05, 4.69) is 49.5 Å². The van der Waals surface area contributed by atoms with E-state index in [0.29, 0.717) is 6.61 Å². The van der Waals surface area contributed by atoms with Crippen molar-refractivity contribution >= 4 is 0 Å². The summed E-state index contributed by atoms with van der Waals surface area (Å²) in [5, 5.41) is 3.45. The molecule has 1 rings (SSSR count). The molecule has 0 bridgehead atoms. The van der Waals surface area contributed by atoms with Crippen LogP contribution >= 0.6 is 0 Å². The van der Waals surface area contributed by atoms with Crippen LogP contribution in [0, 0.1) is 0 Å². The van der Waals surface area contributed by atoms with Crippen LogP contribution < -0.4 is 5.32 Å². The third-order valence-electron chi connectivity index (χ3n) is 2.66. The minimum Gasteiger partial charge on any atom is -0.374 e. The predicted molar refractivity (Wildman–Crippen MR) is 74.6 cm³/mol. The molecule has 1 atom stereocenters. The SMILES string of the molecule is CCCn1ccnc1C(COC(C)(C)C)NCC. The van der Waals surface area contributed by atoms with Gasteiger partial charge in [0, 0.05) is 18.9 Å². The number of hydrogen-bond donors (Lipinski definition) is 1. The van der Waals surface area contributed by atoms with Crippen molar-refractivity contribution in [1.29, 1.82) is 0 Å². The van der Waals surface area contributed by atoms with Gasteiger partial charge in [-0.2, -0.15) is 0 Å². The van der Waals surface area contributed by atoms with Crippen molar-refractivity contribution in [2.75, 3.05) is 13.2 Å². The van der Waals surface area contributed by atoms with Crippen molar-refractivity contribution in [3.63, 3.8) is 0 Å². The van der Waals surface area contributed by atoms with Gasteiger partial charge in [0.05, 0.1) is 18.2 Å². The van der Waals surface area contributed by atoms with Gasteiger partial charge in [-0.3, -0.25) is 0 Å². The lowest BCUT2D eigenvalue weighted by Gasteiger charge is -2.25. The molecule has 0 spiro atoms. The van der Waals surface area contributed by atoms with E-state index in [-0.39, 0.29) is 11.6 Å². The average molecular weight is 253 g/mol. The summed E-state index contributed by atoms with van der Waals surface area (Å²) in [6, 6.07) is 0.163. The Morgan fingerprint density at radius 3 is 2.67 bits per heavy atom. The maximum absolute atomic E-state index is 5.89. The van der Waals surface area contributed by atoms with Gasteiger partial charge >= 0.3 is 0 Å². The molecule has 0 aromatic carbocycles. The van der Waals surface area contributed by atoms with Gasteiger partial charge in [0.2, 0.25) is 0 Å². The van der Waals surface area contributed by atoms with Crippen LogP contribution in [-0.4, -0.2) is 28.3 Å². The van der Waals surface area contributed by atoms with Gasteiger partial charge in [0.1, 0.15) is 5.82 Å². The number of aromatic nitrogens is 2. The molecule has 0 aliphatic carbocycles. The Bertz CT molecular complexity index is 341. The minimum atomic E-state index is -0.115. The largest absolute Gasteiger partial charge is 0.374 e. The van der Waals surface area contributed by atoms with Crippen LogP contribution in [0.5, 0.6) is 0 Å². The molecule has 1 aromatic rings. The number of nitrogens with zero attached hydrogens (tertiary/aromatic N) is 2. The molecule has 0 saturated carbocycles. The third-order valence-corrected chi connectivity index (χ3v) is 2.66. The van der Waals surface area contributed by atoms with E-state index < -0.39 is 0 Å². The lowest BCUT2D eigenvalue weighted by atomic mass is 10.2. The molecule has 104 valence electrons. The molecule has 0 aliphatic heterocycles. The number of hydrogen-bond acceptors (Lipinski definition) is 3. The van der Waals surface area contributed by atoms with Crippen molar-refractivity contribution in [2.45, 2.75) is 59.2 Å². The summed E-state index contributed by atoms with van der Waals surface area (Å²) in [5.41, 5.74) is -0.115. The molecule has 0 radical (unpaired) electrons. The standard InChI is InChI=1S/C14H27N3O/c1-6-9-17-10-8-16-13(17)12(15-7-2)11-18-14(3,4)5/h8,10,12,15H,6-7,9,11H2,1-5H3. The molecule has 1 aromatic heterocycles. The summed E-state index contributed by atoms with van der Waals surface area (Å²) in [4.78, 5) is 4.47. The Balaban J connectivity index is 2.73. The number of nitrogens with one attached hydrogen (secondary N) is 1. The second-order valence-electron chi connectivity index (χ2n) is 5.51. The summed E-state index contributed by atoms with van der Waals surface area (Å²) in [5.74, 6) is 1.07. The van der Waals surface area contributed by atoms with Crippen LogP contribution in [0.4, 0.5) is 0 Å². The molecule has 0 aliphatic rings. The van der Waals surface area contributed by atoms with Gasteiger partial charge in [-0.05, 0) is 33.7 Å². The molecule has 4 heteroatoms. The number of imidazole rings is 1. The van der Waals surface area contributed by atoms with Crippen molar-refractivity contribution in [3.8, 4) is 0 Å². The second-order valence-corrected chi connectivity index (χ2v) is 5.51. The van der Waals surface area contributed by atoms with E-state index in [1.165, 1.54) is 0 Å². The monoisotopic (exact) mass is 253 g/mol. The highest BCUT2D eigenvalue weighted by Crippen LogP contribution is 2.16. The van der Waals surface area contributed by atoms with E-state index in [4.69, 9.17) is 4.74 Å². The van der Waals surface area contributed by atoms with Crippen LogP contribution in [-0.2, 0) is 11.3 Å². The molecule has 0 fully saturated rings. The molecule has 4 nitrogen and oxygen atoms in total. The van der Waals surface area contributed by atoms with E-state index in [9.17, 15) is 0 Å². The maximum atomic E-state index is 5.89. The zero-order valence-corrected chi connectivity index (χ0v) is 12.4. The zero-order valence-electron chi connectivity index (χ0n) is 12.4. The van der Waals surface area contributed by atoms with Gasteiger partial charge < -0.3 is 14.6 Å². The van der Waals surface area contributed by atoms with Gasteiger partial charge in [0.15, 0.2) is 0 Å². The Morgan fingerprint density at radius 2 is 2.11 bits per heavy atom. The number of aryl methyl sites for hydroxylation is 1. The maximum Gasteiger partial charge on any atom is 0.128 e. The van der Waals surface area contributed by atoms with Crippen molar-refractivity contribution < 1.29 is 4.74 Å². The fourth-order valence-corrected chi connectivity index (χ4v) is 1.87. The van der Waals surface area contributed by atoms with Crippen molar-refractivity contribution in [2.24, 2.45) is 0 Å². The van der Waals surface area contributed by atoms with Crippen LogP contribution in [0.3, 0.4) is 0 Å². The second kappa shape index (κ2) is 6.90. The first-order chi connectivity index (χ1) is 8.48. The fraction of sp³-hybridized carbons (Fsp3) is 0.786. The summed E-state index contributed by atoms with van der Waals surface area (Å²) in [7, 11) is 0. The molecule has 0 amide bonds. The van der Waals surface area contributed by atoms with Crippen molar-refractivity contribution in [3.05, 3.63) is 18.2 Å². The highest BCUT2D eigenvalue weighted by molar-refractivity contribution is 5.00. The summed E-state index contributed by atoms with van der Waals surface area (Å²) >= 11 is 0. The molecule has 1 unspecified atom stereocenters. The Labute approximate surface area is 111 Å². The van der Waals surface area contributed by atoms with E-state index in [1.54, 1.807) is 0 Å². The third kappa shape index (κ3) is 4.78. The highest BCUT2D eigenvalue weighted by atomic mass is 16.5. The molecular formula is C14H27N3O. The molecule has 1 N–H and O–H groups in total. The van der Waals surface area contributed by atoms with E-state index in [1.807, 2.05) is 12.4 Å². The van der Waals surface area contributed by atoms with Crippen LogP contribution in [0.15, 0.2) is 12.4 Å².